The van der Waals surface area contributed by atoms with Crippen LogP contribution in [0.15, 0.2) is 28.8 Å². The largest absolute Gasteiger partial charge is 0.357 e. The molecule has 3 heterocycles. The van der Waals surface area contributed by atoms with Crippen LogP contribution in [0.25, 0.3) is 0 Å². The monoisotopic (exact) mass is 373 g/mol. The highest BCUT2D eigenvalue weighted by molar-refractivity contribution is 7.09. The van der Waals surface area contributed by atoms with Crippen molar-refractivity contribution in [1.82, 2.24) is 25.2 Å². The third-order valence-corrected chi connectivity index (χ3v) is 5.25. The van der Waals surface area contributed by atoms with Crippen LogP contribution in [0.3, 0.4) is 0 Å². The minimum absolute atomic E-state index is 0.813. The molecule has 2 aromatic rings. The zero-order valence-electron chi connectivity index (χ0n) is 15.6. The van der Waals surface area contributed by atoms with E-state index in [1.807, 2.05) is 13.0 Å². The van der Waals surface area contributed by atoms with Crippen LogP contribution in [0, 0.1) is 6.92 Å². The third kappa shape index (κ3) is 5.14. The normalized spacial score (nSPS) is 15.4. The van der Waals surface area contributed by atoms with E-state index in [0.717, 1.165) is 69.7 Å². The van der Waals surface area contributed by atoms with Crippen molar-refractivity contribution in [3.8, 4) is 0 Å². The van der Waals surface area contributed by atoms with Crippen molar-refractivity contribution in [2.75, 3.05) is 44.2 Å². The second kappa shape index (κ2) is 9.47. The number of hydrogen-bond acceptors (Lipinski definition) is 6. The number of guanidine groups is 1. The number of aliphatic imine (C=N–C) groups is 1. The molecule has 1 N–H and O–H groups in total. The molecule has 1 aliphatic rings. The van der Waals surface area contributed by atoms with Crippen LogP contribution in [-0.4, -0.2) is 65.1 Å². The highest BCUT2D eigenvalue weighted by Crippen LogP contribution is 2.12. The Balaban J connectivity index is 1.49. The van der Waals surface area contributed by atoms with Gasteiger partial charge >= 0.3 is 0 Å². The lowest BCUT2D eigenvalue weighted by Crippen LogP contribution is -2.53. The van der Waals surface area contributed by atoms with Crippen molar-refractivity contribution in [3.05, 3.63) is 34.5 Å². The summed E-state index contributed by atoms with van der Waals surface area (Å²) in [4.78, 5) is 22.6. The van der Waals surface area contributed by atoms with Crippen LogP contribution in [0.2, 0.25) is 0 Å². The number of aromatic nitrogens is 3. The van der Waals surface area contributed by atoms with Crippen LogP contribution in [0.1, 0.15) is 24.0 Å². The maximum absolute atomic E-state index is 4.82. The molecule has 0 radical (unpaired) electrons. The Labute approximate surface area is 159 Å². The van der Waals surface area contributed by atoms with Crippen molar-refractivity contribution in [3.63, 3.8) is 0 Å². The van der Waals surface area contributed by atoms with E-state index in [2.05, 4.69) is 42.4 Å². The van der Waals surface area contributed by atoms with E-state index in [1.54, 1.807) is 23.7 Å². The molecule has 0 saturated carbocycles. The zero-order valence-corrected chi connectivity index (χ0v) is 16.4. The van der Waals surface area contributed by atoms with Crippen LogP contribution in [0.5, 0.6) is 0 Å². The quantitative estimate of drug-likeness (QED) is 0.474. The Morgan fingerprint density at radius 3 is 2.65 bits per heavy atom. The molecule has 0 aromatic carbocycles. The van der Waals surface area contributed by atoms with Gasteiger partial charge in [-0.1, -0.05) is 0 Å². The zero-order chi connectivity index (χ0) is 18.2. The van der Waals surface area contributed by atoms with Crippen molar-refractivity contribution < 1.29 is 0 Å². The van der Waals surface area contributed by atoms with Crippen LogP contribution >= 0.6 is 11.3 Å². The predicted molar refractivity (Wildman–Crippen MR) is 107 cm³/mol. The van der Waals surface area contributed by atoms with Crippen molar-refractivity contribution in [2.45, 2.75) is 26.7 Å². The summed E-state index contributed by atoms with van der Waals surface area (Å²) in [6.07, 6.45) is 5.62. The topological polar surface area (TPSA) is 69.5 Å². The molecule has 1 aliphatic heterocycles. The molecule has 2 aromatic heterocycles. The number of hydrogen-bond donors (Lipinski definition) is 1. The molecule has 7 nitrogen and oxygen atoms in total. The molecular weight excluding hydrogens is 346 g/mol. The van der Waals surface area contributed by atoms with Gasteiger partial charge in [0.15, 0.2) is 5.96 Å². The van der Waals surface area contributed by atoms with Crippen molar-refractivity contribution >= 4 is 23.2 Å². The maximum atomic E-state index is 4.82. The fraction of sp³-hybridized carbons (Fsp3) is 0.556. The highest BCUT2D eigenvalue weighted by Gasteiger charge is 2.20. The molecule has 0 unspecified atom stereocenters. The van der Waals surface area contributed by atoms with Crippen LogP contribution in [0.4, 0.5) is 5.95 Å². The van der Waals surface area contributed by atoms with Gasteiger partial charge in [-0.3, -0.25) is 4.99 Å². The molecule has 1 fully saturated rings. The first-order valence-electron chi connectivity index (χ1n) is 9.22. The summed E-state index contributed by atoms with van der Waals surface area (Å²) in [6, 6.07) is 1.85. The van der Waals surface area contributed by atoms with E-state index in [0.29, 0.717) is 0 Å². The first-order chi connectivity index (χ1) is 12.8. The van der Waals surface area contributed by atoms with E-state index >= 15 is 0 Å². The minimum atomic E-state index is 0.813. The summed E-state index contributed by atoms with van der Waals surface area (Å²) in [5.74, 6) is 1.82. The van der Waals surface area contributed by atoms with Gasteiger partial charge in [-0.15, -0.1) is 11.3 Å². The van der Waals surface area contributed by atoms with Gasteiger partial charge in [0.1, 0.15) is 0 Å². The van der Waals surface area contributed by atoms with Gasteiger partial charge in [-0.2, -0.15) is 0 Å². The Hall–Kier alpha value is -2.22. The summed E-state index contributed by atoms with van der Waals surface area (Å²) < 4.78 is 0. The lowest BCUT2D eigenvalue weighted by Gasteiger charge is -2.36. The summed E-state index contributed by atoms with van der Waals surface area (Å²) >= 11 is 1.74. The average molecular weight is 374 g/mol. The summed E-state index contributed by atoms with van der Waals surface area (Å²) in [5, 5.41) is 6.74. The Bertz CT molecular complexity index is 693. The van der Waals surface area contributed by atoms with Crippen LogP contribution in [-0.2, 0) is 6.42 Å². The van der Waals surface area contributed by atoms with Gasteiger partial charge in [0, 0.05) is 69.2 Å². The smallest absolute Gasteiger partial charge is 0.225 e. The minimum Gasteiger partial charge on any atom is -0.357 e. The molecule has 0 spiro atoms. The van der Waals surface area contributed by atoms with Gasteiger partial charge in [-0.25, -0.2) is 15.0 Å². The van der Waals surface area contributed by atoms with E-state index in [4.69, 9.17) is 4.99 Å². The number of nitrogens with one attached hydrogen (secondary N) is 1. The molecule has 0 amide bonds. The van der Waals surface area contributed by atoms with Gasteiger partial charge in [0.2, 0.25) is 5.95 Å². The molecule has 26 heavy (non-hydrogen) atoms. The van der Waals surface area contributed by atoms with Crippen molar-refractivity contribution in [2.24, 2.45) is 4.99 Å². The molecule has 8 heteroatoms. The summed E-state index contributed by atoms with van der Waals surface area (Å²) in [7, 11) is 0. The third-order valence-electron chi connectivity index (χ3n) is 4.23. The molecule has 0 atom stereocenters. The highest BCUT2D eigenvalue weighted by atomic mass is 32.1. The lowest BCUT2D eigenvalue weighted by molar-refractivity contribution is 0.370. The second-order valence-electron chi connectivity index (χ2n) is 6.24. The van der Waals surface area contributed by atoms with Gasteiger partial charge in [0.25, 0.3) is 0 Å². The number of thiazole rings is 1. The van der Waals surface area contributed by atoms with Gasteiger partial charge in [0.05, 0.1) is 5.01 Å². The number of anilines is 1. The SMILES string of the molecule is CCNC(=NCCCc1nc(C)cs1)N1CCN(c2ncccn2)CC1. The molecular formula is C18H27N7S. The molecule has 3 rings (SSSR count). The molecule has 0 bridgehead atoms. The molecule has 140 valence electrons. The number of nitrogens with zero attached hydrogens (tertiary/aromatic N) is 6. The Morgan fingerprint density at radius 1 is 1.23 bits per heavy atom. The fourth-order valence-electron chi connectivity index (χ4n) is 2.93. The lowest BCUT2D eigenvalue weighted by atomic mass is 10.3. The van der Waals surface area contributed by atoms with E-state index in [1.165, 1.54) is 5.01 Å². The Morgan fingerprint density at radius 2 is 2.00 bits per heavy atom. The average Bonchev–Trinajstić information content (AvgIpc) is 3.10. The van der Waals surface area contributed by atoms with E-state index in [9.17, 15) is 0 Å². The number of rotatable bonds is 6. The summed E-state index contributed by atoms with van der Waals surface area (Å²) in [6.45, 7) is 9.53. The predicted octanol–water partition coefficient (Wildman–Crippen LogP) is 1.96. The standard InChI is InChI=1S/C18H27N7S/c1-3-19-17(20-7-4-6-16-23-15(2)14-26-16)24-10-12-25(13-11-24)18-21-8-5-9-22-18/h5,8-9,14H,3-4,6-7,10-13H2,1-2H3,(H,19,20). The number of aryl methyl sites for hydroxylation is 2. The Kier molecular flexibility index (Phi) is 6.76. The first kappa shape index (κ1) is 18.6. The maximum Gasteiger partial charge on any atom is 0.225 e. The van der Waals surface area contributed by atoms with Gasteiger partial charge in [-0.05, 0) is 26.3 Å². The van der Waals surface area contributed by atoms with Gasteiger partial charge < -0.3 is 15.1 Å². The molecule has 1 saturated heterocycles. The summed E-state index contributed by atoms with van der Waals surface area (Å²) in [5.41, 5.74) is 1.11. The molecule has 0 aliphatic carbocycles. The number of piperazine rings is 1. The van der Waals surface area contributed by atoms with Crippen molar-refractivity contribution in [1.29, 1.82) is 0 Å². The van der Waals surface area contributed by atoms with E-state index < -0.39 is 0 Å². The van der Waals surface area contributed by atoms with Crippen LogP contribution < -0.4 is 10.2 Å². The second-order valence-corrected chi connectivity index (χ2v) is 7.19. The first-order valence-corrected chi connectivity index (χ1v) is 10.1. The van der Waals surface area contributed by atoms with E-state index in [-0.39, 0.29) is 0 Å². The fourth-order valence-corrected chi connectivity index (χ4v) is 3.75.